The summed E-state index contributed by atoms with van der Waals surface area (Å²) >= 11 is 13.2. The van der Waals surface area contributed by atoms with Gasteiger partial charge in [-0.1, -0.05) is 48.8 Å². The number of carbonyl (C=O) groups is 2. The number of nitrogens with zero attached hydrogens (tertiary/aromatic N) is 4. The van der Waals surface area contributed by atoms with Crippen LogP contribution in [0.2, 0.25) is 10.0 Å². The predicted molar refractivity (Wildman–Crippen MR) is 140 cm³/mol. The highest BCUT2D eigenvalue weighted by Gasteiger charge is 2.26. The van der Waals surface area contributed by atoms with Crippen LogP contribution in [0.1, 0.15) is 43.0 Å². The number of nitrogens with one attached hydrogen (secondary N) is 2. The zero-order valence-electron chi connectivity index (χ0n) is 19.7. The van der Waals surface area contributed by atoms with Crippen molar-refractivity contribution in [1.29, 1.82) is 0 Å². The molecule has 1 aromatic heterocycles. The molecule has 1 atom stereocenters. The van der Waals surface area contributed by atoms with Crippen LogP contribution in [0.5, 0.6) is 0 Å². The van der Waals surface area contributed by atoms with Crippen LogP contribution in [0.3, 0.4) is 0 Å². The SMILES string of the molecule is CCn1c(SCC(=O)Nc2ccc([N+](=O)[O-])cc2)nnc1[C@H](NC(=O)c1ccc(Cl)c(Cl)c1)C(C)C. The van der Waals surface area contributed by atoms with E-state index in [1.165, 1.54) is 42.1 Å². The molecule has 0 saturated heterocycles. The van der Waals surface area contributed by atoms with Crippen molar-refractivity contribution in [3.05, 3.63) is 74.0 Å². The number of hydrogen-bond donors (Lipinski definition) is 2. The third-order valence-corrected chi connectivity index (χ3v) is 6.87. The van der Waals surface area contributed by atoms with Crippen LogP contribution < -0.4 is 10.6 Å². The Bertz CT molecular complexity index is 1270. The molecule has 10 nitrogen and oxygen atoms in total. The number of anilines is 1. The highest BCUT2D eigenvalue weighted by atomic mass is 35.5. The van der Waals surface area contributed by atoms with Crippen molar-refractivity contribution in [2.45, 2.75) is 38.5 Å². The molecule has 13 heteroatoms. The number of benzene rings is 2. The standard InChI is InChI=1S/C23H24Cl2N6O4S/c1-4-30-21(20(13(2)3)27-22(33)14-5-10-17(24)18(25)11-14)28-29-23(30)36-12-19(32)26-15-6-8-16(9-7-15)31(34)35/h5-11,13,20H,4,12H2,1-3H3,(H,26,32)(H,27,33)/t20-/m1/s1. The van der Waals surface area contributed by atoms with Gasteiger partial charge in [-0.25, -0.2) is 0 Å². The molecule has 3 aromatic rings. The van der Waals surface area contributed by atoms with Gasteiger partial charge in [-0.2, -0.15) is 0 Å². The first-order valence-corrected chi connectivity index (χ1v) is 12.7. The van der Waals surface area contributed by atoms with Gasteiger partial charge >= 0.3 is 0 Å². The van der Waals surface area contributed by atoms with Crippen LogP contribution in [0.25, 0.3) is 0 Å². The Hall–Kier alpha value is -3.15. The number of thioether (sulfide) groups is 1. The van der Waals surface area contributed by atoms with Gasteiger partial charge in [-0.05, 0) is 43.2 Å². The normalized spacial score (nSPS) is 11.8. The molecule has 3 rings (SSSR count). The summed E-state index contributed by atoms with van der Waals surface area (Å²) in [5.74, 6) is -0.00503. The van der Waals surface area contributed by atoms with Crippen molar-refractivity contribution in [1.82, 2.24) is 20.1 Å². The minimum atomic E-state index is -0.506. The average molecular weight is 551 g/mol. The van der Waals surface area contributed by atoms with E-state index in [-0.39, 0.29) is 34.2 Å². The van der Waals surface area contributed by atoms with Gasteiger partial charge in [0.15, 0.2) is 11.0 Å². The van der Waals surface area contributed by atoms with E-state index < -0.39 is 11.0 Å². The Kier molecular flexibility index (Phi) is 9.30. The topological polar surface area (TPSA) is 132 Å². The number of nitro benzene ring substituents is 1. The number of non-ortho nitro benzene ring substituents is 1. The smallest absolute Gasteiger partial charge is 0.269 e. The van der Waals surface area contributed by atoms with Crippen molar-refractivity contribution < 1.29 is 14.5 Å². The summed E-state index contributed by atoms with van der Waals surface area (Å²) in [5, 5.41) is 26.2. The molecule has 0 spiro atoms. The molecule has 2 amide bonds. The molecular formula is C23H24Cl2N6O4S. The summed E-state index contributed by atoms with van der Waals surface area (Å²) in [6.07, 6.45) is 0. The van der Waals surface area contributed by atoms with Gasteiger partial charge in [0.2, 0.25) is 5.91 Å². The fourth-order valence-corrected chi connectivity index (χ4v) is 4.43. The average Bonchev–Trinajstić information content (AvgIpc) is 3.25. The Morgan fingerprint density at radius 2 is 1.81 bits per heavy atom. The summed E-state index contributed by atoms with van der Waals surface area (Å²) in [7, 11) is 0. The number of amides is 2. The van der Waals surface area contributed by atoms with Gasteiger partial charge < -0.3 is 15.2 Å². The number of halogens is 2. The fourth-order valence-electron chi connectivity index (χ4n) is 3.32. The zero-order chi connectivity index (χ0) is 26.4. The number of nitro groups is 1. The van der Waals surface area contributed by atoms with Gasteiger partial charge in [0.05, 0.1) is 26.8 Å². The Morgan fingerprint density at radius 3 is 2.39 bits per heavy atom. The van der Waals surface area contributed by atoms with Gasteiger partial charge in [0.25, 0.3) is 11.6 Å². The minimum absolute atomic E-state index is 0.00509. The van der Waals surface area contributed by atoms with Crippen LogP contribution in [0.15, 0.2) is 47.6 Å². The van der Waals surface area contributed by atoms with Crippen LogP contribution in [0, 0.1) is 16.0 Å². The lowest BCUT2D eigenvalue weighted by Crippen LogP contribution is -2.33. The molecule has 0 aliphatic heterocycles. The summed E-state index contributed by atoms with van der Waals surface area (Å²) in [5.41, 5.74) is 0.765. The number of carbonyl (C=O) groups excluding carboxylic acids is 2. The fraction of sp³-hybridized carbons (Fsp3) is 0.304. The molecule has 0 unspecified atom stereocenters. The van der Waals surface area contributed by atoms with E-state index in [0.717, 1.165) is 0 Å². The van der Waals surface area contributed by atoms with E-state index >= 15 is 0 Å². The Labute approximate surface area is 221 Å². The third kappa shape index (κ3) is 6.74. The maximum absolute atomic E-state index is 12.9. The molecule has 0 aliphatic rings. The monoisotopic (exact) mass is 550 g/mol. The first-order chi connectivity index (χ1) is 17.1. The van der Waals surface area contributed by atoms with Crippen LogP contribution in [-0.4, -0.2) is 37.3 Å². The van der Waals surface area contributed by atoms with E-state index in [1.807, 2.05) is 25.3 Å². The highest BCUT2D eigenvalue weighted by molar-refractivity contribution is 7.99. The number of hydrogen-bond acceptors (Lipinski definition) is 7. The van der Waals surface area contributed by atoms with Crippen molar-refractivity contribution >= 4 is 58.2 Å². The van der Waals surface area contributed by atoms with E-state index in [0.29, 0.717) is 33.8 Å². The molecule has 0 saturated carbocycles. The second kappa shape index (κ2) is 12.2. The van der Waals surface area contributed by atoms with Gasteiger partial charge in [0, 0.05) is 29.9 Å². The maximum atomic E-state index is 12.9. The predicted octanol–water partition coefficient (Wildman–Crippen LogP) is 5.37. The number of aromatic nitrogens is 3. The van der Waals surface area contributed by atoms with Crippen molar-refractivity contribution in [3.8, 4) is 0 Å². The van der Waals surface area contributed by atoms with E-state index in [1.54, 1.807) is 12.1 Å². The Morgan fingerprint density at radius 1 is 1.11 bits per heavy atom. The van der Waals surface area contributed by atoms with Crippen molar-refractivity contribution in [2.75, 3.05) is 11.1 Å². The maximum Gasteiger partial charge on any atom is 0.269 e. The molecule has 1 heterocycles. The second-order valence-corrected chi connectivity index (χ2v) is 9.81. The molecular weight excluding hydrogens is 527 g/mol. The highest BCUT2D eigenvalue weighted by Crippen LogP contribution is 2.27. The molecule has 0 aliphatic carbocycles. The molecule has 0 bridgehead atoms. The molecule has 2 N–H and O–H groups in total. The zero-order valence-corrected chi connectivity index (χ0v) is 22.0. The summed E-state index contributed by atoms with van der Waals surface area (Å²) in [6, 6.07) is 9.80. The quantitative estimate of drug-likeness (QED) is 0.197. The van der Waals surface area contributed by atoms with E-state index in [9.17, 15) is 19.7 Å². The number of rotatable bonds is 10. The minimum Gasteiger partial charge on any atom is -0.342 e. The van der Waals surface area contributed by atoms with E-state index in [2.05, 4.69) is 20.8 Å². The summed E-state index contributed by atoms with van der Waals surface area (Å²) in [4.78, 5) is 35.6. The largest absolute Gasteiger partial charge is 0.342 e. The lowest BCUT2D eigenvalue weighted by Gasteiger charge is -2.22. The molecule has 0 fully saturated rings. The summed E-state index contributed by atoms with van der Waals surface area (Å²) in [6.45, 7) is 6.37. The second-order valence-electron chi connectivity index (χ2n) is 8.05. The lowest BCUT2D eigenvalue weighted by molar-refractivity contribution is -0.384. The van der Waals surface area contributed by atoms with Crippen LogP contribution in [0.4, 0.5) is 11.4 Å². The van der Waals surface area contributed by atoms with Crippen LogP contribution in [-0.2, 0) is 11.3 Å². The van der Waals surface area contributed by atoms with Gasteiger partial charge in [0.1, 0.15) is 0 Å². The molecule has 2 aromatic carbocycles. The van der Waals surface area contributed by atoms with Crippen LogP contribution >= 0.6 is 35.0 Å². The lowest BCUT2D eigenvalue weighted by atomic mass is 10.0. The molecule has 0 radical (unpaired) electrons. The van der Waals surface area contributed by atoms with E-state index in [4.69, 9.17) is 23.2 Å². The third-order valence-electron chi connectivity index (χ3n) is 5.17. The molecule has 190 valence electrons. The summed E-state index contributed by atoms with van der Waals surface area (Å²) < 4.78 is 1.85. The first-order valence-electron chi connectivity index (χ1n) is 11.0. The van der Waals surface area contributed by atoms with Crippen molar-refractivity contribution in [3.63, 3.8) is 0 Å². The van der Waals surface area contributed by atoms with Gasteiger partial charge in [-0.15, -0.1) is 10.2 Å². The van der Waals surface area contributed by atoms with Crippen molar-refractivity contribution in [2.24, 2.45) is 5.92 Å². The molecule has 36 heavy (non-hydrogen) atoms. The Balaban J connectivity index is 1.69. The van der Waals surface area contributed by atoms with Gasteiger partial charge in [-0.3, -0.25) is 19.7 Å². The first kappa shape index (κ1) is 27.4.